The van der Waals surface area contributed by atoms with Crippen molar-refractivity contribution in [1.82, 2.24) is 10.2 Å². The average molecular weight is 266 g/mol. The largest absolute Gasteiger partial charge is 0.355 e. The van der Waals surface area contributed by atoms with Crippen molar-refractivity contribution in [1.29, 1.82) is 0 Å². The maximum absolute atomic E-state index is 13.4. The van der Waals surface area contributed by atoms with Crippen LogP contribution >= 0.6 is 0 Å². The van der Waals surface area contributed by atoms with Crippen molar-refractivity contribution in [3.05, 3.63) is 35.1 Å². The molecule has 0 saturated carbocycles. The minimum absolute atomic E-state index is 0.0152. The Morgan fingerprint density at radius 1 is 1.32 bits per heavy atom. The summed E-state index contributed by atoms with van der Waals surface area (Å²) in [6.45, 7) is 6.12. The van der Waals surface area contributed by atoms with Crippen LogP contribution in [0.1, 0.15) is 29.8 Å². The van der Waals surface area contributed by atoms with E-state index >= 15 is 0 Å². The summed E-state index contributed by atoms with van der Waals surface area (Å²) in [7, 11) is 0. The Bertz CT molecular complexity index is 475. The second-order valence-corrected chi connectivity index (χ2v) is 4.24. The third kappa shape index (κ3) is 4.05. The van der Waals surface area contributed by atoms with Crippen LogP contribution < -0.4 is 5.32 Å². The molecular weight excluding hydrogens is 247 g/mol. The zero-order valence-corrected chi connectivity index (χ0v) is 11.5. The lowest BCUT2D eigenvalue weighted by Gasteiger charge is -2.20. The van der Waals surface area contributed by atoms with E-state index in [0.717, 1.165) is 0 Å². The fourth-order valence-corrected chi connectivity index (χ4v) is 1.66. The lowest BCUT2D eigenvalue weighted by molar-refractivity contribution is -0.121. The Labute approximate surface area is 112 Å². The maximum atomic E-state index is 13.4. The highest BCUT2D eigenvalue weighted by atomic mass is 19.1. The predicted octanol–water partition coefficient (Wildman–Crippen LogP) is 1.73. The molecule has 0 radical (unpaired) electrons. The van der Waals surface area contributed by atoms with Gasteiger partial charge >= 0.3 is 0 Å². The van der Waals surface area contributed by atoms with E-state index in [-0.39, 0.29) is 23.9 Å². The van der Waals surface area contributed by atoms with E-state index < -0.39 is 5.82 Å². The first-order chi connectivity index (χ1) is 8.99. The molecule has 0 unspecified atom stereocenters. The highest BCUT2D eigenvalue weighted by molar-refractivity contribution is 5.96. The van der Waals surface area contributed by atoms with Crippen molar-refractivity contribution in [2.75, 3.05) is 19.6 Å². The number of benzene rings is 1. The summed E-state index contributed by atoms with van der Waals surface area (Å²) in [5.41, 5.74) is 0.748. The molecule has 0 heterocycles. The highest BCUT2D eigenvalue weighted by Gasteiger charge is 2.17. The van der Waals surface area contributed by atoms with E-state index in [1.54, 1.807) is 26.0 Å². The molecule has 4 nitrogen and oxygen atoms in total. The van der Waals surface area contributed by atoms with Gasteiger partial charge in [0.05, 0.1) is 6.54 Å². The summed E-state index contributed by atoms with van der Waals surface area (Å²) >= 11 is 0. The number of rotatable bonds is 5. The van der Waals surface area contributed by atoms with E-state index in [1.165, 1.54) is 11.0 Å². The summed E-state index contributed by atoms with van der Waals surface area (Å²) in [4.78, 5) is 25.0. The normalized spacial score (nSPS) is 10.1. The molecule has 0 aliphatic heterocycles. The molecule has 1 aromatic rings. The summed E-state index contributed by atoms with van der Waals surface area (Å²) in [6.07, 6.45) is 0. The van der Waals surface area contributed by atoms with Gasteiger partial charge in [0.15, 0.2) is 0 Å². The lowest BCUT2D eigenvalue weighted by Crippen LogP contribution is -2.40. The number of likely N-dealkylation sites (N-methyl/N-ethyl adjacent to an activating group) is 2. The predicted molar refractivity (Wildman–Crippen MR) is 71.4 cm³/mol. The summed E-state index contributed by atoms with van der Waals surface area (Å²) in [5, 5.41) is 2.63. The van der Waals surface area contributed by atoms with Crippen LogP contribution in [0.4, 0.5) is 4.39 Å². The molecule has 1 rings (SSSR count). The molecule has 0 saturated heterocycles. The molecule has 0 aromatic heterocycles. The number of hydrogen-bond acceptors (Lipinski definition) is 2. The molecule has 0 aliphatic rings. The summed E-state index contributed by atoms with van der Waals surface area (Å²) < 4.78 is 13.4. The molecule has 104 valence electrons. The first-order valence-corrected chi connectivity index (χ1v) is 6.31. The molecule has 0 fully saturated rings. The number of carbonyl (C=O) groups is 2. The van der Waals surface area contributed by atoms with Gasteiger partial charge in [-0.25, -0.2) is 4.39 Å². The monoisotopic (exact) mass is 266 g/mol. The smallest absolute Gasteiger partial charge is 0.254 e. The number of nitrogens with one attached hydrogen (secondary N) is 1. The third-order valence-corrected chi connectivity index (χ3v) is 2.80. The van der Waals surface area contributed by atoms with Crippen LogP contribution in [0.3, 0.4) is 0 Å². The molecular formula is C14H19FN2O2. The van der Waals surface area contributed by atoms with Gasteiger partial charge in [0, 0.05) is 18.7 Å². The Morgan fingerprint density at radius 2 is 2.00 bits per heavy atom. The van der Waals surface area contributed by atoms with Crippen LogP contribution in [0.15, 0.2) is 18.2 Å². The fraction of sp³-hybridized carbons (Fsp3) is 0.429. The number of aryl methyl sites for hydroxylation is 1. The van der Waals surface area contributed by atoms with E-state index in [1.807, 2.05) is 6.92 Å². The van der Waals surface area contributed by atoms with Crippen molar-refractivity contribution in [3.8, 4) is 0 Å². The van der Waals surface area contributed by atoms with E-state index in [4.69, 9.17) is 0 Å². The first-order valence-electron chi connectivity index (χ1n) is 6.31. The second kappa shape index (κ2) is 6.87. The van der Waals surface area contributed by atoms with Crippen molar-refractivity contribution in [3.63, 3.8) is 0 Å². The average Bonchev–Trinajstić information content (AvgIpc) is 2.38. The van der Waals surface area contributed by atoms with E-state index in [0.29, 0.717) is 18.7 Å². The number of nitrogens with zero attached hydrogens (tertiary/aromatic N) is 1. The second-order valence-electron chi connectivity index (χ2n) is 4.24. The molecule has 0 aliphatic carbocycles. The van der Waals surface area contributed by atoms with Gasteiger partial charge in [-0.2, -0.15) is 0 Å². The first kappa shape index (κ1) is 15.1. The molecule has 5 heteroatoms. The Hall–Kier alpha value is -1.91. The standard InChI is InChI=1S/C14H19FN2O2/c1-4-16-13(18)9-17(5-2)14(19)11-7-6-10(3)12(15)8-11/h6-8H,4-5,9H2,1-3H3,(H,16,18). The molecule has 0 bridgehead atoms. The Morgan fingerprint density at radius 3 is 2.53 bits per heavy atom. The number of carbonyl (C=O) groups excluding carboxylic acids is 2. The van der Waals surface area contributed by atoms with Crippen LogP contribution in [0.25, 0.3) is 0 Å². The van der Waals surface area contributed by atoms with Crippen molar-refractivity contribution < 1.29 is 14.0 Å². The van der Waals surface area contributed by atoms with E-state index in [9.17, 15) is 14.0 Å². The van der Waals surface area contributed by atoms with Gasteiger partial charge in [-0.1, -0.05) is 6.07 Å². The van der Waals surface area contributed by atoms with E-state index in [2.05, 4.69) is 5.32 Å². The van der Waals surface area contributed by atoms with Gasteiger partial charge in [-0.15, -0.1) is 0 Å². The SMILES string of the molecule is CCNC(=O)CN(CC)C(=O)c1ccc(C)c(F)c1. The highest BCUT2D eigenvalue weighted by Crippen LogP contribution is 2.11. The molecule has 0 spiro atoms. The van der Waals surface area contributed by atoms with Gasteiger partial charge in [0.2, 0.25) is 5.91 Å². The third-order valence-electron chi connectivity index (χ3n) is 2.80. The van der Waals surface area contributed by atoms with Gasteiger partial charge in [0.1, 0.15) is 5.82 Å². The number of halogens is 1. The topological polar surface area (TPSA) is 49.4 Å². The van der Waals surface area contributed by atoms with Gasteiger partial charge in [-0.05, 0) is 38.5 Å². The zero-order valence-electron chi connectivity index (χ0n) is 11.5. The van der Waals surface area contributed by atoms with Gasteiger partial charge in [0.25, 0.3) is 5.91 Å². The minimum atomic E-state index is -0.417. The minimum Gasteiger partial charge on any atom is -0.355 e. The molecule has 19 heavy (non-hydrogen) atoms. The van der Waals surface area contributed by atoms with Crippen LogP contribution in [-0.2, 0) is 4.79 Å². The fourth-order valence-electron chi connectivity index (χ4n) is 1.66. The number of hydrogen-bond donors (Lipinski definition) is 1. The van der Waals surface area contributed by atoms with Crippen LogP contribution in [0.2, 0.25) is 0 Å². The number of amides is 2. The van der Waals surface area contributed by atoms with Crippen LogP contribution in [0.5, 0.6) is 0 Å². The summed E-state index contributed by atoms with van der Waals surface area (Å²) in [5.74, 6) is -0.974. The van der Waals surface area contributed by atoms with Gasteiger partial charge < -0.3 is 10.2 Å². The van der Waals surface area contributed by atoms with Crippen LogP contribution in [-0.4, -0.2) is 36.3 Å². The zero-order chi connectivity index (χ0) is 14.4. The Balaban J connectivity index is 2.83. The summed E-state index contributed by atoms with van der Waals surface area (Å²) in [6, 6.07) is 4.34. The molecule has 1 aromatic carbocycles. The van der Waals surface area contributed by atoms with Crippen molar-refractivity contribution >= 4 is 11.8 Å². The van der Waals surface area contributed by atoms with Crippen LogP contribution in [0, 0.1) is 12.7 Å². The van der Waals surface area contributed by atoms with Gasteiger partial charge in [-0.3, -0.25) is 9.59 Å². The Kier molecular flexibility index (Phi) is 5.48. The van der Waals surface area contributed by atoms with Crippen molar-refractivity contribution in [2.24, 2.45) is 0 Å². The van der Waals surface area contributed by atoms with Crippen molar-refractivity contribution in [2.45, 2.75) is 20.8 Å². The molecule has 1 N–H and O–H groups in total. The molecule has 2 amide bonds. The lowest BCUT2D eigenvalue weighted by atomic mass is 10.1. The quantitative estimate of drug-likeness (QED) is 0.882. The molecule has 0 atom stereocenters. The maximum Gasteiger partial charge on any atom is 0.254 e.